The number of hydrogen-bond acceptors (Lipinski definition) is 4. The Morgan fingerprint density at radius 2 is 1.61 bits per heavy atom. The molecule has 0 saturated carbocycles. The third kappa shape index (κ3) is 7.40. The summed E-state index contributed by atoms with van der Waals surface area (Å²) in [4.78, 5) is 17.0. The van der Waals surface area contributed by atoms with Crippen molar-refractivity contribution in [3.63, 3.8) is 0 Å². The predicted octanol–water partition coefficient (Wildman–Crippen LogP) is 4.99. The van der Waals surface area contributed by atoms with Crippen molar-refractivity contribution in [1.82, 2.24) is 20.2 Å². The number of aliphatic hydroxyl groups excluding tert-OH is 1. The number of aryl methyl sites for hydroxylation is 2. The first-order valence-corrected chi connectivity index (χ1v) is 13.1. The second-order valence-electron chi connectivity index (χ2n) is 10.6. The second-order valence-corrected chi connectivity index (χ2v) is 10.6. The molecule has 0 aliphatic rings. The molecule has 2 aromatic carbocycles. The van der Waals surface area contributed by atoms with E-state index in [0.717, 1.165) is 45.9 Å². The third-order valence-corrected chi connectivity index (χ3v) is 6.76. The Kier molecular flexibility index (Phi) is 8.77. The third-order valence-electron chi connectivity index (χ3n) is 6.76. The molecule has 3 N–H and O–H groups in total. The topological polar surface area (TPSA) is 79.2 Å². The summed E-state index contributed by atoms with van der Waals surface area (Å²) >= 11 is 0. The molecule has 0 aliphatic heterocycles. The molecule has 0 bridgehead atoms. The Labute approximate surface area is 225 Å². The van der Waals surface area contributed by atoms with E-state index in [1.165, 1.54) is 0 Å². The van der Waals surface area contributed by atoms with Crippen molar-refractivity contribution in [3.05, 3.63) is 119 Å². The maximum Gasteiger partial charge on any atom is 0.224 e. The molecule has 2 aromatic heterocycles. The zero-order valence-corrected chi connectivity index (χ0v) is 22.7. The maximum atomic E-state index is 12.5. The molecular weight excluding hydrogens is 472 g/mol. The normalized spacial score (nSPS) is 12.3. The molecule has 6 heteroatoms. The molecule has 2 heterocycles. The lowest BCUT2D eigenvalue weighted by atomic mass is 9.93. The first kappa shape index (κ1) is 27.3. The fourth-order valence-corrected chi connectivity index (χ4v) is 4.71. The van der Waals surface area contributed by atoms with E-state index < -0.39 is 6.10 Å². The molecule has 4 aromatic rings. The van der Waals surface area contributed by atoms with Crippen LogP contribution in [0.15, 0.2) is 85.1 Å². The fourth-order valence-electron chi connectivity index (χ4n) is 4.71. The van der Waals surface area contributed by atoms with Crippen LogP contribution >= 0.6 is 0 Å². The van der Waals surface area contributed by atoms with Crippen LogP contribution in [0.2, 0.25) is 0 Å². The smallest absolute Gasteiger partial charge is 0.224 e. The Hall–Kier alpha value is -3.74. The van der Waals surface area contributed by atoms with Crippen molar-refractivity contribution < 1.29 is 9.90 Å². The van der Waals surface area contributed by atoms with Crippen molar-refractivity contribution in [2.45, 2.75) is 58.7 Å². The molecule has 38 heavy (non-hydrogen) atoms. The summed E-state index contributed by atoms with van der Waals surface area (Å²) in [6.07, 6.45) is 2.20. The van der Waals surface area contributed by atoms with Gasteiger partial charge in [0, 0.05) is 41.8 Å². The lowest BCUT2D eigenvalue weighted by Crippen LogP contribution is -2.43. The quantitative estimate of drug-likeness (QED) is 0.266. The minimum absolute atomic E-state index is 0.00763. The number of rotatable bonds is 11. The van der Waals surface area contributed by atoms with Gasteiger partial charge in [-0.05, 0) is 69.0 Å². The van der Waals surface area contributed by atoms with E-state index in [2.05, 4.69) is 72.1 Å². The average Bonchev–Trinajstić information content (AvgIpc) is 3.24. The molecule has 6 nitrogen and oxygen atoms in total. The number of nitrogens with zero attached hydrogens (tertiary/aromatic N) is 2. The lowest BCUT2D eigenvalue weighted by molar-refractivity contribution is -0.120. The van der Waals surface area contributed by atoms with Crippen molar-refractivity contribution >= 4 is 5.91 Å². The van der Waals surface area contributed by atoms with Crippen LogP contribution in [0.5, 0.6) is 0 Å². The minimum Gasteiger partial charge on any atom is -0.387 e. The Morgan fingerprint density at radius 3 is 2.29 bits per heavy atom. The number of hydrogen-bond donors (Lipinski definition) is 3. The van der Waals surface area contributed by atoms with Gasteiger partial charge in [0.05, 0.1) is 12.5 Å². The largest absolute Gasteiger partial charge is 0.387 e. The summed E-state index contributed by atoms with van der Waals surface area (Å²) in [7, 11) is 0. The van der Waals surface area contributed by atoms with Crippen molar-refractivity contribution in [3.8, 4) is 5.82 Å². The lowest BCUT2D eigenvalue weighted by Gasteiger charge is -2.28. The summed E-state index contributed by atoms with van der Waals surface area (Å²) in [6, 6.07) is 26.1. The number of aliphatic hydroxyl groups is 1. The van der Waals surface area contributed by atoms with E-state index in [4.69, 9.17) is 0 Å². The molecule has 0 unspecified atom stereocenters. The van der Waals surface area contributed by atoms with Crippen LogP contribution in [0, 0.1) is 13.8 Å². The molecule has 0 fully saturated rings. The van der Waals surface area contributed by atoms with Crippen LogP contribution in [-0.2, 0) is 24.2 Å². The molecule has 1 amide bonds. The standard InChI is InChI=1S/C32H38N4O2/c1-23-13-14-24(2)36(23)30-16-15-28(21-33-30)29(37)22-35-32(3,4)19-27-12-8-11-26(17-27)18-31(38)34-20-25-9-6-5-7-10-25/h5-17,21,29,35,37H,18-20,22H2,1-4H3,(H,34,38)/t29-/m1/s1. The van der Waals surface area contributed by atoms with E-state index >= 15 is 0 Å². The van der Waals surface area contributed by atoms with Crippen LogP contribution in [0.4, 0.5) is 0 Å². The zero-order valence-electron chi connectivity index (χ0n) is 22.7. The van der Waals surface area contributed by atoms with Gasteiger partial charge in [0.2, 0.25) is 5.91 Å². The maximum absolute atomic E-state index is 12.5. The Balaban J connectivity index is 1.29. The molecule has 1 atom stereocenters. The van der Waals surface area contributed by atoms with Gasteiger partial charge in [-0.15, -0.1) is 0 Å². The number of nitrogens with one attached hydrogen (secondary N) is 2. The van der Waals surface area contributed by atoms with Crippen LogP contribution in [-0.4, -0.2) is 32.6 Å². The summed E-state index contributed by atoms with van der Waals surface area (Å²) < 4.78 is 2.10. The molecule has 4 rings (SSSR count). The van der Waals surface area contributed by atoms with Crippen molar-refractivity contribution in [1.29, 1.82) is 0 Å². The van der Waals surface area contributed by atoms with Gasteiger partial charge < -0.3 is 20.3 Å². The molecule has 0 aliphatic carbocycles. The monoisotopic (exact) mass is 510 g/mol. The summed E-state index contributed by atoms with van der Waals surface area (Å²) in [5.74, 6) is 0.858. The predicted molar refractivity (Wildman–Crippen MR) is 152 cm³/mol. The van der Waals surface area contributed by atoms with Crippen LogP contribution in [0.3, 0.4) is 0 Å². The van der Waals surface area contributed by atoms with Crippen molar-refractivity contribution in [2.75, 3.05) is 6.54 Å². The van der Waals surface area contributed by atoms with Gasteiger partial charge in [-0.1, -0.05) is 60.7 Å². The summed E-state index contributed by atoms with van der Waals surface area (Å²) in [5, 5.41) is 17.3. The molecule has 0 saturated heterocycles. The summed E-state index contributed by atoms with van der Waals surface area (Å²) in [5.41, 5.74) is 6.01. The molecule has 0 spiro atoms. The highest BCUT2D eigenvalue weighted by Gasteiger charge is 2.20. The fraction of sp³-hybridized carbons (Fsp3) is 0.312. The number of carbonyl (C=O) groups is 1. The highest BCUT2D eigenvalue weighted by Crippen LogP contribution is 2.19. The van der Waals surface area contributed by atoms with Gasteiger partial charge in [-0.3, -0.25) is 4.79 Å². The SMILES string of the molecule is Cc1ccc(C)n1-c1ccc([C@H](O)CNC(C)(C)Cc2cccc(CC(=O)NCc3ccccc3)c2)cn1. The van der Waals surface area contributed by atoms with Gasteiger partial charge in [0.25, 0.3) is 0 Å². The number of amides is 1. The van der Waals surface area contributed by atoms with E-state index in [9.17, 15) is 9.90 Å². The van der Waals surface area contributed by atoms with E-state index in [1.54, 1.807) is 6.20 Å². The van der Waals surface area contributed by atoms with Crippen molar-refractivity contribution in [2.24, 2.45) is 0 Å². The first-order chi connectivity index (χ1) is 18.2. The Morgan fingerprint density at radius 1 is 0.921 bits per heavy atom. The number of carbonyl (C=O) groups excluding carboxylic acids is 1. The number of benzene rings is 2. The highest BCUT2D eigenvalue weighted by molar-refractivity contribution is 5.78. The van der Waals surface area contributed by atoms with E-state index in [0.29, 0.717) is 19.5 Å². The van der Waals surface area contributed by atoms with Crippen LogP contribution in [0.1, 0.15) is 53.6 Å². The van der Waals surface area contributed by atoms with Crippen LogP contribution in [0.25, 0.3) is 5.82 Å². The highest BCUT2D eigenvalue weighted by atomic mass is 16.3. The number of aromatic nitrogens is 2. The first-order valence-electron chi connectivity index (χ1n) is 13.1. The molecule has 0 radical (unpaired) electrons. The van der Waals surface area contributed by atoms with Gasteiger partial charge in [-0.2, -0.15) is 0 Å². The van der Waals surface area contributed by atoms with Gasteiger partial charge in [-0.25, -0.2) is 4.98 Å². The zero-order chi connectivity index (χ0) is 27.1. The molecular formula is C32H38N4O2. The number of β-amino-alcohol motifs (C(OH)–C–C–N with tert-alkyl or cyclic N) is 1. The van der Waals surface area contributed by atoms with Gasteiger partial charge >= 0.3 is 0 Å². The van der Waals surface area contributed by atoms with E-state index in [1.807, 2.05) is 54.6 Å². The Bertz CT molecular complexity index is 1320. The average molecular weight is 511 g/mol. The van der Waals surface area contributed by atoms with E-state index in [-0.39, 0.29) is 11.4 Å². The van der Waals surface area contributed by atoms with Gasteiger partial charge in [0.15, 0.2) is 0 Å². The minimum atomic E-state index is -0.665. The van der Waals surface area contributed by atoms with Crippen LogP contribution < -0.4 is 10.6 Å². The second kappa shape index (κ2) is 12.2. The van der Waals surface area contributed by atoms with Gasteiger partial charge in [0.1, 0.15) is 5.82 Å². The summed E-state index contributed by atoms with van der Waals surface area (Å²) in [6.45, 7) is 9.30. The molecule has 198 valence electrons. The number of pyridine rings is 1.